The SMILES string of the molecule is CC(C)CNS(=O)(=O)O.F. The van der Waals surface area contributed by atoms with Crippen molar-refractivity contribution in [3.05, 3.63) is 0 Å². The molecule has 0 aliphatic heterocycles. The molecule has 64 valence electrons. The molecule has 0 unspecified atom stereocenters. The number of rotatable bonds is 3. The molecule has 0 aliphatic rings. The van der Waals surface area contributed by atoms with E-state index in [1.165, 1.54) is 0 Å². The molecular weight excluding hydrogens is 161 g/mol. The highest BCUT2D eigenvalue weighted by atomic mass is 32.2. The summed E-state index contributed by atoms with van der Waals surface area (Å²) in [6, 6.07) is 0. The average molecular weight is 173 g/mol. The highest BCUT2D eigenvalue weighted by Crippen LogP contribution is 1.87. The minimum Gasteiger partial charge on any atom is -0.273 e. The van der Waals surface area contributed by atoms with Crippen LogP contribution >= 0.6 is 0 Å². The minimum atomic E-state index is -3.97. The maximum absolute atomic E-state index is 9.98. The quantitative estimate of drug-likeness (QED) is 0.598. The molecule has 0 fully saturated rings. The van der Waals surface area contributed by atoms with Gasteiger partial charge in [-0.3, -0.25) is 9.26 Å². The summed E-state index contributed by atoms with van der Waals surface area (Å²) >= 11 is 0. The van der Waals surface area contributed by atoms with E-state index in [-0.39, 0.29) is 17.2 Å². The Labute approximate surface area is 59.9 Å². The van der Waals surface area contributed by atoms with Gasteiger partial charge in [-0.25, -0.2) is 0 Å². The third-order valence-corrected chi connectivity index (χ3v) is 1.21. The number of nitrogens with one attached hydrogen (secondary N) is 1. The normalized spacial score (nSPS) is 11.2. The van der Waals surface area contributed by atoms with Gasteiger partial charge < -0.3 is 0 Å². The maximum atomic E-state index is 9.98. The van der Waals surface area contributed by atoms with Crippen LogP contribution in [0, 0.1) is 5.92 Å². The molecule has 0 aromatic heterocycles. The van der Waals surface area contributed by atoms with E-state index < -0.39 is 10.3 Å². The van der Waals surface area contributed by atoms with Crippen LogP contribution in [0.25, 0.3) is 0 Å². The Hall–Kier alpha value is -0.200. The second kappa shape index (κ2) is 4.59. The van der Waals surface area contributed by atoms with Gasteiger partial charge in [0.15, 0.2) is 0 Å². The van der Waals surface area contributed by atoms with E-state index in [1.807, 2.05) is 18.6 Å². The van der Waals surface area contributed by atoms with Gasteiger partial charge >= 0.3 is 10.3 Å². The van der Waals surface area contributed by atoms with Gasteiger partial charge in [0.2, 0.25) is 0 Å². The molecule has 0 amide bonds. The van der Waals surface area contributed by atoms with Gasteiger partial charge in [0, 0.05) is 6.54 Å². The predicted octanol–water partition coefficient (Wildman–Crippen LogP) is 0.187. The summed E-state index contributed by atoms with van der Waals surface area (Å²) in [7, 11) is -3.97. The van der Waals surface area contributed by atoms with Gasteiger partial charge in [0.25, 0.3) is 0 Å². The third-order valence-electron chi connectivity index (χ3n) is 0.674. The van der Waals surface area contributed by atoms with Crippen LogP contribution in [0.3, 0.4) is 0 Å². The van der Waals surface area contributed by atoms with E-state index in [2.05, 4.69) is 0 Å². The first kappa shape index (κ1) is 12.5. The fraction of sp³-hybridized carbons (Fsp3) is 1.00. The standard InChI is InChI=1S/C4H11NO3S.FH/c1-4(2)3-5-9(6,7)8;/h4-5H,3H2,1-2H3,(H,6,7,8);1H. The van der Waals surface area contributed by atoms with Crippen LogP contribution in [0.1, 0.15) is 13.8 Å². The van der Waals surface area contributed by atoms with Crippen molar-refractivity contribution in [1.82, 2.24) is 4.72 Å². The van der Waals surface area contributed by atoms with Crippen molar-refractivity contribution in [2.45, 2.75) is 13.8 Å². The third kappa shape index (κ3) is 10.7. The molecule has 6 heteroatoms. The van der Waals surface area contributed by atoms with Gasteiger partial charge in [-0.15, -0.1) is 0 Å². The zero-order valence-corrected chi connectivity index (χ0v) is 6.68. The monoisotopic (exact) mass is 173 g/mol. The van der Waals surface area contributed by atoms with Crippen LogP contribution in [0.15, 0.2) is 0 Å². The lowest BCUT2D eigenvalue weighted by atomic mass is 10.2. The van der Waals surface area contributed by atoms with E-state index >= 15 is 0 Å². The van der Waals surface area contributed by atoms with Crippen LogP contribution in [0.5, 0.6) is 0 Å². The molecule has 0 aromatic carbocycles. The lowest BCUT2D eigenvalue weighted by molar-refractivity contribution is 0.459. The van der Waals surface area contributed by atoms with E-state index in [4.69, 9.17) is 4.55 Å². The van der Waals surface area contributed by atoms with Gasteiger partial charge in [0.05, 0.1) is 0 Å². The zero-order valence-electron chi connectivity index (χ0n) is 5.86. The van der Waals surface area contributed by atoms with Crippen molar-refractivity contribution in [2.75, 3.05) is 6.54 Å². The van der Waals surface area contributed by atoms with Crippen LogP contribution in [-0.4, -0.2) is 19.5 Å². The summed E-state index contributed by atoms with van der Waals surface area (Å²) in [4.78, 5) is 0. The highest BCUT2D eigenvalue weighted by molar-refractivity contribution is 7.83. The minimum absolute atomic E-state index is 0. The van der Waals surface area contributed by atoms with Crippen molar-refractivity contribution >= 4 is 10.3 Å². The summed E-state index contributed by atoms with van der Waals surface area (Å²) in [5.41, 5.74) is 0. The molecule has 0 saturated carbocycles. The van der Waals surface area contributed by atoms with Crippen molar-refractivity contribution in [3.8, 4) is 0 Å². The van der Waals surface area contributed by atoms with Gasteiger partial charge in [0.1, 0.15) is 0 Å². The largest absolute Gasteiger partial charge is 0.333 e. The van der Waals surface area contributed by atoms with Crippen LogP contribution < -0.4 is 4.72 Å². The average Bonchev–Trinajstić information content (AvgIpc) is 1.59. The number of halogens is 1. The molecule has 0 heterocycles. The predicted molar refractivity (Wildman–Crippen MR) is 36.9 cm³/mol. The van der Waals surface area contributed by atoms with Gasteiger partial charge in [-0.2, -0.15) is 13.1 Å². The fourth-order valence-corrected chi connectivity index (χ4v) is 0.816. The molecular formula is C4H12FNO3S. The molecule has 0 radical (unpaired) electrons. The van der Waals surface area contributed by atoms with Crippen molar-refractivity contribution in [1.29, 1.82) is 0 Å². The zero-order chi connectivity index (χ0) is 7.49. The summed E-state index contributed by atoms with van der Waals surface area (Å²) in [5.74, 6) is 0.215. The second-order valence-corrected chi connectivity index (χ2v) is 3.46. The first-order valence-electron chi connectivity index (χ1n) is 2.64. The van der Waals surface area contributed by atoms with Crippen molar-refractivity contribution in [3.63, 3.8) is 0 Å². The molecule has 0 bridgehead atoms. The van der Waals surface area contributed by atoms with Crippen LogP contribution in [0.4, 0.5) is 4.70 Å². The first-order valence-corrected chi connectivity index (χ1v) is 4.08. The van der Waals surface area contributed by atoms with E-state index in [9.17, 15) is 8.42 Å². The summed E-state index contributed by atoms with van der Waals surface area (Å²) in [5, 5.41) is 0. The Morgan fingerprint density at radius 2 is 1.90 bits per heavy atom. The Balaban J connectivity index is 0. The Bertz CT molecular complexity index is 165. The first-order chi connectivity index (χ1) is 3.92. The molecule has 10 heavy (non-hydrogen) atoms. The number of hydrogen-bond acceptors (Lipinski definition) is 2. The van der Waals surface area contributed by atoms with Crippen LogP contribution in [-0.2, 0) is 10.3 Å². The molecule has 2 N–H and O–H groups in total. The molecule has 4 nitrogen and oxygen atoms in total. The molecule has 0 rings (SSSR count). The van der Waals surface area contributed by atoms with Crippen molar-refractivity contribution < 1.29 is 17.7 Å². The molecule has 0 saturated heterocycles. The topological polar surface area (TPSA) is 66.4 Å². The second-order valence-electron chi connectivity index (χ2n) is 2.22. The Kier molecular flexibility index (Phi) is 5.73. The molecule has 0 aromatic rings. The summed E-state index contributed by atoms with van der Waals surface area (Å²) in [6.45, 7) is 3.97. The number of hydrogen-bond donors (Lipinski definition) is 2. The maximum Gasteiger partial charge on any atom is 0.333 e. The summed E-state index contributed by atoms with van der Waals surface area (Å²) in [6.07, 6.45) is 0. The van der Waals surface area contributed by atoms with Gasteiger partial charge in [-0.05, 0) is 5.92 Å². The van der Waals surface area contributed by atoms with Gasteiger partial charge in [-0.1, -0.05) is 13.8 Å². The Morgan fingerprint density at radius 3 is 2.00 bits per heavy atom. The molecule has 0 spiro atoms. The molecule has 0 atom stereocenters. The van der Waals surface area contributed by atoms with Crippen molar-refractivity contribution in [2.24, 2.45) is 5.92 Å². The lowest BCUT2D eigenvalue weighted by Gasteiger charge is -2.02. The highest BCUT2D eigenvalue weighted by Gasteiger charge is 2.02. The fourth-order valence-electron chi connectivity index (χ4n) is 0.272. The van der Waals surface area contributed by atoms with E-state index in [0.717, 1.165) is 0 Å². The molecule has 0 aliphatic carbocycles. The summed E-state index contributed by atoms with van der Waals surface area (Å²) < 4.78 is 30.0. The smallest absolute Gasteiger partial charge is 0.273 e. The Morgan fingerprint density at radius 1 is 1.50 bits per heavy atom. The van der Waals surface area contributed by atoms with Crippen LogP contribution in [0.2, 0.25) is 0 Å². The van der Waals surface area contributed by atoms with E-state index in [0.29, 0.717) is 0 Å². The lowest BCUT2D eigenvalue weighted by Crippen LogP contribution is -2.26. The van der Waals surface area contributed by atoms with E-state index in [1.54, 1.807) is 0 Å².